The molecule has 156 valence electrons. The van der Waals surface area contributed by atoms with Crippen molar-refractivity contribution in [2.75, 3.05) is 32.8 Å². The Morgan fingerprint density at radius 2 is 1.71 bits per heavy atom. The van der Waals surface area contributed by atoms with Gasteiger partial charge < -0.3 is 19.7 Å². The van der Waals surface area contributed by atoms with Gasteiger partial charge in [-0.25, -0.2) is 0 Å². The monoisotopic (exact) mass is 454 g/mol. The molecule has 28 heavy (non-hydrogen) atoms. The second kappa shape index (κ2) is 11.3. The first-order valence-corrected chi connectivity index (χ1v) is 10.9. The van der Waals surface area contributed by atoms with Gasteiger partial charge in [0, 0.05) is 30.0 Å². The molecule has 1 aliphatic rings. The number of rotatable bonds is 9. The van der Waals surface area contributed by atoms with Crippen LogP contribution in [-0.4, -0.2) is 49.6 Å². The summed E-state index contributed by atoms with van der Waals surface area (Å²) in [6.45, 7) is 8.92. The zero-order valence-corrected chi connectivity index (χ0v) is 18.6. The van der Waals surface area contributed by atoms with E-state index >= 15 is 0 Å². The van der Waals surface area contributed by atoms with E-state index in [-0.39, 0.29) is 17.7 Å². The lowest BCUT2D eigenvalue weighted by molar-refractivity contribution is -0.135. The molecule has 0 aromatic heterocycles. The topological polar surface area (TPSA) is 67.9 Å². The van der Waals surface area contributed by atoms with Crippen LogP contribution in [0.1, 0.15) is 45.6 Å². The fourth-order valence-corrected chi connectivity index (χ4v) is 3.77. The molecule has 1 heterocycles. The Morgan fingerprint density at radius 3 is 2.29 bits per heavy atom. The number of nitrogens with zero attached hydrogens (tertiary/aromatic N) is 1. The number of carbonyl (C=O) groups excluding carboxylic acids is 2. The second-order valence-electron chi connectivity index (χ2n) is 6.88. The Morgan fingerprint density at radius 1 is 1.11 bits per heavy atom. The first-order chi connectivity index (χ1) is 13.5. The van der Waals surface area contributed by atoms with Crippen molar-refractivity contribution in [3.05, 3.63) is 22.2 Å². The highest BCUT2D eigenvalue weighted by atomic mass is 79.9. The van der Waals surface area contributed by atoms with Crippen LogP contribution in [0.15, 0.2) is 16.6 Å². The third-order valence-electron chi connectivity index (χ3n) is 4.82. The molecule has 0 radical (unpaired) electrons. The van der Waals surface area contributed by atoms with Crippen molar-refractivity contribution in [1.29, 1.82) is 0 Å². The summed E-state index contributed by atoms with van der Waals surface area (Å²) in [5.41, 5.74) is 0.875. The minimum atomic E-state index is 0.0115. The van der Waals surface area contributed by atoms with Gasteiger partial charge in [-0.05, 0) is 50.8 Å². The minimum absolute atomic E-state index is 0.0115. The highest BCUT2D eigenvalue weighted by molar-refractivity contribution is 9.10. The predicted molar refractivity (Wildman–Crippen MR) is 113 cm³/mol. The largest absolute Gasteiger partial charge is 0.490 e. The van der Waals surface area contributed by atoms with Crippen molar-refractivity contribution in [2.24, 2.45) is 5.92 Å². The molecule has 7 heteroatoms. The average molecular weight is 455 g/mol. The lowest BCUT2D eigenvalue weighted by Gasteiger charge is -2.31. The van der Waals surface area contributed by atoms with Gasteiger partial charge in [0.1, 0.15) is 0 Å². The van der Waals surface area contributed by atoms with Gasteiger partial charge >= 0.3 is 0 Å². The average Bonchev–Trinajstić information content (AvgIpc) is 2.69. The smallest absolute Gasteiger partial charge is 0.227 e. The summed E-state index contributed by atoms with van der Waals surface area (Å²) in [5.74, 6) is 1.52. The number of hydrogen-bond donors (Lipinski definition) is 1. The number of halogens is 1. The molecule has 1 N–H and O–H groups in total. The van der Waals surface area contributed by atoms with Gasteiger partial charge in [0.15, 0.2) is 11.5 Å². The molecule has 1 saturated heterocycles. The molecule has 0 aliphatic carbocycles. The van der Waals surface area contributed by atoms with Gasteiger partial charge in [0.2, 0.25) is 11.8 Å². The van der Waals surface area contributed by atoms with Gasteiger partial charge in [0.25, 0.3) is 0 Å². The fraction of sp³-hybridized carbons (Fsp3) is 0.619. The van der Waals surface area contributed by atoms with Gasteiger partial charge in [-0.15, -0.1) is 0 Å². The Bertz CT molecular complexity index is 673. The first-order valence-electron chi connectivity index (χ1n) is 10.1. The first kappa shape index (κ1) is 22.5. The summed E-state index contributed by atoms with van der Waals surface area (Å²) < 4.78 is 12.1. The van der Waals surface area contributed by atoms with Crippen LogP contribution in [0.3, 0.4) is 0 Å². The van der Waals surface area contributed by atoms with Crippen LogP contribution in [0.4, 0.5) is 0 Å². The number of carbonyl (C=O) groups is 2. The zero-order chi connectivity index (χ0) is 20.5. The van der Waals surface area contributed by atoms with Gasteiger partial charge in [0.05, 0.1) is 19.6 Å². The Balaban J connectivity index is 1.97. The molecule has 6 nitrogen and oxygen atoms in total. The van der Waals surface area contributed by atoms with E-state index in [0.717, 1.165) is 29.3 Å². The molecule has 0 bridgehead atoms. The summed E-state index contributed by atoms with van der Waals surface area (Å²) in [6, 6.07) is 3.74. The van der Waals surface area contributed by atoms with E-state index in [1.807, 2.05) is 37.8 Å². The lowest BCUT2D eigenvalue weighted by atomic mass is 9.95. The normalized spacial score (nSPS) is 14.6. The number of hydrogen-bond acceptors (Lipinski definition) is 4. The maximum Gasteiger partial charge on any atom is 0.227 e. The van der Waals surface area contributed by atoms with E-state index < -0.39 is 0 Å². The number of nitrogens with one attached hydrogen (secondary N) is 1. The minimum Gasteiger partial charge on any atom is -0.490 e. The van der Waals surface area contributed by atoms with E-state index in [4.69, 9.17) is 9.47 Å². The van der Waals surface area contributed by atoms with Crippen molar-refractivity contribution in [3.63, 3.8) is 0 Å². The Kier molecular flexibility index (Phi) is 9.09. The highest BCUT2D eigenvalue weighted by Gasteiger charge is 2.27. The van der Waals surface area contributed by atoms with Crippen LogP contribution in [0.5, 0.6) is 11.5 Å². The van der Waals surface area contributed by atoms with E-state index in [1.165, 1.54) is 0 Å². The molecule has 0 saturated carbocycles. The van der Waals surface area contributed by atoms with E-state index in [9.17, 15) is 9.59 Å². The molecule has 1 aliphatic heterocycles. The Labute approximate surface area is 176 Å². The maximum atomic E-state index is 12.8. The van der Waals surface area contributed by atoms with Gasteiger partial charge in [-0.1, -0.05) is 22.9 Å². The van der Waals surface area contributed by atoms with Crippen molar-refractivity contribution in [3.8, 4) is 11.5 Å². The number of piperidine rings is 1. The molecule has 0 atom stereocenters. The summed E-state index contributed by atoms with van der Waals surface area (Å²) >= 11 is 3.55. The second-order valence-corrected chi connectivity index (χ2v) is 7.73. The molecule has 2 rings (SSSR count). The van der Waals surface area contributed by atoms with Crippen molar-refractivity contribution >= 4 is 27.7 Å². The van der Waals surface area contributed by atoms with Crippen LogP contribution >= 0.6 is 15.9 Å². The van der Waals surface area contributed by atoms with Crippen molar-refractivity contribution in [1.82, 2.24) is 10.2 Å². The van der Waals surface area contributed by atoms with Crippen LogP contribution in [-0.2, 0) is 16.0 Å². The number of benzene rings is 1. The molecular formula is C21H31BrN2O4. The fourth-order valence-electron chi connectivity index (χ4n) is 3.31. The van der Waals surface area contributed by atoms with Crippen molar-refractivity contribution < 1.29 is 19.1 Å². The SMILES string of the molecule is CCCNC(=O)C1CCN(C(=O)Cc2cc(OCC)c(OCC)cc2Br)CC1. The van der Waals surface area contributed by atoms with E-state index in [1.54, 1.807) is 0 Å². The molecule has 0 spiro atoms. The molecule has 1 aromatic rings. The summed E-state index contributed by atoms with van der Waals surface area (Å²) in [4.78, 5) is 26.7. The van der Waals surface area contributed by atoms with Crippen LogP contribution in [0.25, 0.3) is 0 Å². The molecular weight excluding hydrogens is 424 g/mol. The summed E-state index contributed by atoms with van der Waals surface area (Å²) in [6.07, 6.45) is 2.66. The number of amides is 2. The molecule has 1 aromatic carbocycles. The third kappa shape index (κ3) is 6.12. The number of likely N-dealkylation sites (tertiary alicyclic amines) is 1. The maximum absolute atomic E-state index is 12.8. The molecule has 2 amide bonds. The molecule has 0 unspecified atom stereocenters. The number of ether oxygens (including phenoxy) is 2. The van der Waals surface area contributed by atoms with Crippen molar-refractivity contribution in [2.45, 2.75) is 46.5 Å². The van der Waals surface area contributed by atoms with E-state index in [2.05, 4.69) is 21.2 Å². The summed E-state index contributed by atoms with van der Waals surface area (Å²) in [7, 11) is 0. The third-order valence-corrected chi connectivity index (χ3v) is 5.56. The van der Waals surface area contributed by atoms with Gasteiger partial charge in [-0.2, -0.15) is 0 Å². The van der Waals surface area contributed by atoms with Crippen LogP contribution in [0.2, 0.25) is 0 Å². The quantitative estimate of drug-likeness (QED) is 0.619. The van der Waals surface area contributed by atoms with E-state index in [0.29, 0.717) is 50.8 Å². The zero-order valence-electron chi connectivity index (χ0n) is 17.1. The highest BCUT2D eigenvalue weighted by Crippen LogP contribution is 2.34. The van der Waals surface area contributed by atoms with Crippen LogP contribution < -0.4 is 14.8 Å². The standard InChI is InChI=1S/C21H31BrN2O4/c1-4-9-23-21(26)15-7-10-24(11-8-15)20(25)13-16-12-18(27-5-2)19(28-6-3)14-17(16)22/h12,14-15H,4-11,13H2,1-3H3,(H,23,26). The van der Waals surface area contributed by atoms with Crippen LogP contribution in [0, 0.1) is 5.92 Å². The lowest BCUT2D eigenvalue weighted by Crippen LogP contribution is -2.43. The predicted octanol–water partition coefficient (Wildman–Crippen LogP) is 3.55. The van der Waals surface area contributed by atoms with Gasteiger partial charge in [-0.3, -0.25) is 9.59 Å². The Hall–Kier alpha value is -1.76. The molecule has 1 fully saturated rings. The summed E-state index contributed by atoms with van der Waals surface area (Å²) in [5, 5.41) is 2.95.